The Hall–Kier alpha value is -1.30. The van der Waals surface area contributed by atoms with Crippen LogP contribution in [0.25, 0.3) is 0 Å². The molecule has 0 saturated carbocycles. The first-order valence-electron chi connectivity index (χ1n) is 6.56. The van der Waals surface area contributed by atoms with Crippen LogP contribution >= 0.6 is 0 Å². The van der Waals surface area contributed by atoms with Crippen LogP contribution in [-0.4, -0.2) is 77.6 Å². The lowest BCUT2D eigenvalue weighted by Crippen LogP contribution is -2.53. The van der Waals surface area contributed by atoms with Crippen LogP contribution in [-0.2, 0) is 4.79 Å². The zero-order chi connectivity index (χ0) is 13.5. The summed E-state index contributed by atoms with van der Waals surface area (Å²) in [5.74, 6) is -0.963. The Bertz CT molecular complexity index is 288. The second-order valence-electron chi connectivity index (χ2n) is 4.52. The molecule has 0 spiro atoms. The summed E-state index contributed by atoms with van der Waals surface area (Å²) in [4.78, 5) is 28.2. The molecule has 18 heavy (non-hydrogen) atoms. The van der Waals surface area contributed by atoms with E-state index in [1.54, 1.807) is 11.8 Å². The molecule has 0 aromatic carbocycles. The minimum absolute atomic E-state index is 0.156. The first-order chi connectivity index (χ1) is 8.58. The topological polar surface area (TPSA) is 64.1 Å². The summed E-state index contributed by atoms with van der Waals surface area (Å²) < 4.78 is 0. The third kappa shape index (κ3) is 4.18. The number of carbonyl (C=O) groups excluding carboxylic acids is 1. The Morgan fingerprint density at radius 3 is 2.22 bits per heavy atom. The molecule has 1 aliphatic heterocycles. The molecule has 1 saturated heterocycles. The van der Waals surface area contributed by atoms with E-state index in [-0.39, 0.29) is 12.6 Å². The average Bonchev–Trinajstić information content (AvgIpc) is 2.36. The fourth-order valence-electron chi connectivity index (χ4n) is 2.16. The summed E-state index contributed by atoms with van der Waals surface area (Å²) in [5, 5.41) is 8.75. The number of nitrogens with zero attached hydrogens (tertiary/aromatic N) is 3. The number of carbonyl (C=O) groups is 2. The van der Waals surface area contributed by atoms with Crippen LogP contribution in [0, 0.1) is 0 Å². The number of piperazine rings is 1. The zero-order valence-electron chi connectivity index (χ0n) is 11.3. The van der Waals surface area contributed by atoms with Crippen molar-refractivity contribution in [3.05, 3.63) is 0 Å². The predicted octanol–water partition coefficient (Wildman–Crippen LogP) is 0.540. The van der Waals surface area contributed by atoms with Crippen molar-refractivity contribution in [1.82, 2.24) is 14.7 Å². The molecular weight excluding hydrogens is 234 g/mol. The van der Waals surface area contributed by atoms with Crippen LogP contribution in [0.15, 0.2) is 0 Å². The van der Waals surface area contributed by atoms with Gasteiger partial charge in [0, 0.05) is 32.7 Å². The van der Waals surface area contributed by atoms with E-state index in [0.717, 1.165) is 26.1 Å². The molecule has 0 unspecified atom stereocenters. The van der Waals surface area contributed by atoms with Gasteiger partial charge in [0.2, 0.25) is 0 Å². The quantitative estimate of drug-likeness (QED) is 0.781. The Balaban J connectivity index is 2.45. The molecule has 0 aromatic heterocycles. The molecule has 1 rings (SSSR count). The normalized spacial score (nSPS) is 16.7. The van der Waals surface area contributed by atoms with Gasteiger partial charge in [-0.15, -0.1) is 0 Å². The van der Waals surface area contributed by atoms with E-state index in [9.17, 15) is 9.59 Å². The molecule has 2 amide bonds. The molecule has 0 atom stereocenters. The lowest BCUT2D eigenvalue weighted by Gasteiger charge is -2.36. The lowest BCUT2D eigenvalue weighted by atomic mass is 10.3. The van der Waals surface area contributed by atoms with Crippen LogP contribution in [0.3, 0.4) is 0 Å². The van der Waals surface area contributed by atoms with Crippen LogP contribution in [0.4, 0.5) is 4.79 Å². The summed E-state index contributed by atoms with van der Waals surface area (Å²) in [6, 6.07) is -0.156. The maximum atomic E-state index is 12.1. The number of carboxylic acids is 1. The fourth-order valence-corrected chi connectivity index (χ4v) is 2.16. The van der Waals surface area contributed by atoms with Gasteiger partial charge in [0.15, 0.2) is 0 Å². The van der Waals surface area contributed by atoms with Crippen molar-refractivity contribution in [2.75, 3.05) is 45.8 Å². The van der Waals surface area contributed by atoms with Crippen LogP contribution < -0.4 is 0 Å². The van der Waals surface area contributed by atoms with Crippen LogP contribution in [0.1, 0.15) is 20.3 Å². The van der Waals surface area contributed by atoms with Gasteiger partial charge in [0.25, 0.3) is 0 Å². The number of urea groups is 1. The molecule has 104 valence electrons. The van der Waals surface area contributed by atoms with E-state index in [2.05, 4.69) is 11.8 Å². The van der Waals surface area contributed by atoms with E-state index in [1.165, 1.54) is 4.90 Å². The monoisotopic (exact) mass is 257 g/mol. The largest absolute Gasteiger partial charge is 0.480 e. The number of carboxylic acid groups (broad SMARTS) is 1. The molecule has 1 heterocycles. The van der Waals surface area contributed by atoms with Crippen LogP contribution in [0.2, 0.25) is 0 Å². The van der Waals surface area contributed by atoms with Gasteiger partial charge >= 0.3 is 12.0 Å². The van der Waals surface area contributed by atoms with E-state index in [1.807, 2.05) is 0 Å². The maximum absolute atomic E-state index is 12.1. The number of rotatable bonds is 5. The molecule has 0 bridgehead atoms. The van der Waals surface area contributed by atoms with Gasteiger partial charge in [-0.25, -0.2) is 4.79 Å². The Morgan fingerprint density at radius 2 is 1.78 bits per heavy atom. The first kappa shape index (κ1) is 14.8. The molecular formula is C12H23N3O3. The van der Waals surface area contributed by atoms with Crippen molar-refractivity contribution in [1.29, 1.82) is 0 Å². The zero-order valence-corrected chi connectivity index (χ0v) is 11.3. The van der Waals surface area contributed by atoms with Gasteiger partial charge in [0.05, 0.1) is 0 Å². The highest BCUT2D eigenvalue weighted by Gasteiger charge is 2.25. The average molecular weight is 257 g/mol. The maximum Gasteiger partial charge on any atom is 0.323 e. The highest BCUT2D eigenvalue weighted by Crippen LogP contribution is 2.06. The van der Waals surface area contributed by atoms with Gasteiger partial charge in [0.1, 0.15) is 6.54 Å². The molecule has 1 aliphatic rings. The van der Waals surface area contributed by atoms with Crippen molar-refractivity contribution in [3.8, 4) is 0 Å². The Morgan fingerprint density at radius 1 is 1.17 bits per heavy atom. The SMILES string of the molecule is CCCN1CCN(C(=O)N(CC)CC(=O)O)CC1. The summed E-state index contributed by atoms with van der Waals surface area (Å²) in [6.45, 7) is 8.36. The molecule has 0 aromatic rings. The second kappa shape index (κ2) is 7.20. The van der Waals surface area contributed by atoms with Gasteiger partial charge in [-0.05, 0) is 19.9 Å². The van der Waals surface area contributed by atoms with Gasteiger partial charge in [-0.2, -0.15) is 0 Å². The molecule has 6 heteroatoms. The molecule has 6 nitrogen and oxygen atoms in total. The third-order valence-corrected chi connectivity index (χ3v) is 3.16. The highest BCUT2D eigenvalue weighted by atomic mass is 16.4. The van der Waals surface area contributed by atoms with Gasteiger partial charge in [-0.1, -0.05) is 6.92 Å². The van der Waals surface area contributed by atoms with E-state index < -0.39 is 5.97 Å². The first-order valence-corrected chi connectivity index (χ1v) is 6.56. The highest BCUT2D eigenvalue weighted by molar-refractivity contribution is 5.80. The summed E-state index contributed by atoms with van der Waals surface area (Å²) >= 11 is 0. The number of aliphatic carboxylic acids is 1. The van der Waals surface area contributed by atoms with Crippen molar-refractivity contribution in [2.45, 2.75) is 20.3 Å². The van der Waals surface area contributed by atoms with Crippen molar-refractivity contribution in [3.63, 3.8) is 0 Å². The predicted molar refractivity (Wildman–Crippen MR) is 68.6 cm³/mol. The van der Waals surface area contributed by atoms with E-state index >= 15 is 0 Å². The van der Waals surface area contributed by atoms with E-state index in [0.29, 0.717) is 19.6 Å². The van der Waals surface area contributed by atoms with Crippen LogP contribution in [0.5, 0.6) is 0 Å². The van der Waals surface area contributed by atoms with Crippen molar-refractivity contribution in [2.24, 2.45) is 0 Å². The van der Waals surface area contributed by atoms with Crippen molar-refractivity contribution < 1.29 is 14.7 Å². The number of hydrogen-bond donors (Lipinski definition) is 1. The standard InChI is InChI=1S/C12H23N3O3/c1-3-5-13-6-8-15(9-7-13)12(18)14(4-2)10-11(16)17/h3-10H2,1-2H3,(H,16,17). The smallest absolute Gasteiger partial charge is 0.323 e. The molecule has 1 fully saturated rings. The Labute approximate surface area is 108 Å². The lowest BCUT2D eigenvalue weighted by molar-refractivity contribution is -0.137. The Kier molecular flexibility index (Phi) is 5.91. The molecule has 1 N–H and O–H groups in total. The van der Waals surface area contributed by atoms with Crippen molar-refractivity contribution >= 4 is 12.0 Å². The fraction of sp³-hybridized carbons (Fsp3) is 0.833. The second-order valence-corrected chi connectivity index (χ2v) is 4.52. The summed E-state index contributed by atoms with van der Waals surface area (Å²) in [5.41, 5.74) is 0. The molecule has 0 aliphatic carbocycles. The number of likely N-dealkylation sites (N-methyl/N-ethyl adjacent to an activating group) is 1. The van der Waals surface area contributed by atoms with E-state index in [4.69, 9.17) is 5.11 Å². The summed E-state index contributed by atoms with van der Waals surface area (Å²) in [6.07, 6.45) is 1.12. The molecule has 0 radical (unpaired) electrons. The minimum Gasteiger partial charge on any atom is -0.480 e. The third-order valence-electron chi connectivity index (χ3n) is 3.16. The van der Waals surface area contributed by atoms with Gasteiger partial charge < -0.3 is 14.9 Å². The number of hydrogen-bond acceptors (Lipinski definition) is 3. The summed E-state index contributed by atoms with van der Waals surface area (Å²) in [7, 11) is 0. The van der Waals surface area contributed by atoms with Gasteiger partial charge in [-0.3, -0.25) is 9.69 Å². The number of amides is 2. The minimum atomic E-state index is -0.963.